The van der Waals surface area contributed by atoms with Gasteiger partial charge in [0.05, 0.1) is 13.3 Å². The summed E-state index contributed by atoms with van der Waals surface area (Å²) in [4.78, 5) is 0. The number of ether oxygens (including phenoxy) is 1. The van der Waals surface area contributed by atoms with Crippen LogP contribution in [0.25, 0.3) is 5.57 Å². The molecule has 0 aliphatic carbocycles. The van der Waals surface area contributed by atoms with Crippen LogP contribution in [0.15, 0.2) is 12.3 Å². The van der Waals surface area contributed by atoms with Crippen LogP contribution in [0.5, 0.6) is 5.75 Å². The molecule has 0 aromatic carbocycles. The number of methoxy groups -OCH3 is 1. The Hall–Kier alpha value is -1.29. The van der Waals surface area contributed by atoms with E-state index >= 15 is 0 Å². The van der Waals surface area contributed by atoms with Crippen molar-refractivity contribution in [3.05, 3.63) is 18.0 Å². The highest BCUT2D eigenvalue weighted by molar-refractivity contribution is 5.65. The summed E-state index contributed by atoms with van der Waals surface area (Å²) in [5, 5.41) is 7.77. The van der Waals surface area contributed by atoms with Crippen LogP contribution >= 0.6 is 0 Å². The molecule has 1 aromatic rings. The molecular formula is C15H27N3O. The number of rotatable bonds is 8. The summed E-state index contributed by atoms with van der Waals surface area (Å²) in [6.45, 7) is 11.6. The minimum atomic E-state index is 0.701. The number of aromatic nitrogens is 2. The molecule has 0 fully saturated rings. The molecule has 0 saturated heterocycles. The molecule has 108 valence electrons. The van der Waals surface area contributed by atoms with E-state index in [1.807, 2.05) is 4.68 Å². The third-order valence-corrected chi connectivity index (χ3v) is 3.02. The van der Waals surface area contributed by atoms with Gasteiger partial charge in [-0.15, -0.1) is 0 Å². The van der Waals surface area contributed by atoms with Crippen molar-refractivity contribution >= 4 is 5.57 Å². The quantitative estimate of drug-likeness (QED) is 0.735. The fourth-order valence-electron chi connectivity index (χ4n) is 2.03. The van der Waals surface area contributed by atoms with Crippen molar-refractivity contribution in [1.82, 2.24) is 15.1 Å². The average Bonchev–Trinajstić information content (AvgIpc) is 2.80. The second-order valence-electron chi connectivity index (χ2n) is 5.15. The number of hydrogen-bond donors (Lipinski definition) is 1. The van der Waals surface area contributed by atoms with Crippen molar-refractivity contribution in [1.29, 1.82) is 0 Å². The van der Waals surface area contributed by atoms with E-state index in [4.69, 9.17) is 4.74 Å². The predicted octanol–water partition coefficient (Wildman–Crippen LogP) is 2.95. The Balaban J connectivity index is 2.60. The first-order valence-electron chi connectivity index (χ1n) is 7.07. The highest BCUT2D eigenvalue weighted by Gasteiger charge is 2.11. The zero-order valence-electron chi connectivity index (χ0n) is 12.9. The van der Waals surface area contributed by atoms with Crippen molar-refractivity contribution < 1.29 is 4.74 Å². The Morgan fingerprint density at radius 3 is 2.84 bits per heavy atom. The summed E-state index contributed by atoms with van der Waals surface area (Å²) in [5.74, 6) is 1.55. The number of allylic oxidation sites excluding steroid dienone is 1. The van der Waals surface area contributed by atoms with Crippen molar-refractivity contribution in [2.24, 2.45) is 5.92 Å². The third kappa shape index (κ3) is 4.71. The van der Waals surface area contributed by atoms with Gasteiger partial charge in [0.15, 0.2) is 5.75 Å². The molecule has 0 saturated carbocycles. The highest BCUT2D eigenvalue weighted by Crippen LogP contribution is 2.25. The van der Waals surface area contributed by atoms with Gasteiger partial charge >= 0.3 is 0 Å². The molecular weight excluding hydrogens is 238 g/mol. The van der Waals surface area contributed by atoms with Crippen molar-refractivity contribution in [3.63, 3.8) is 0 Å². The monoisotopic (exact) mass is 265 g/mol. The highest BCUT2D eigenvalue weighted by atomic mass is 16.5. The standard InChI is InChI=1S/C15H27N3O/c1-6-18-15(14(19-5)11-17-18)13(4)8-7-9-16-10-12(2)3/h8,11-12,16H,6-7,9-10H2,1-5H3. The van der Waals surface area contributed by atoms with Crippen LogP contribution in [0.4, 0.5) is 0 Å². The van der Waals surface area contributed by atoms with Gasteiger partial charge in [0.1, 0.15) is 5.69 Å². The molecule has 4 heteroatoms. The van der Waals surface area contributed by atoms with Crippen LogP contribution in [-0.2, 0) is 6.54 Å². The first kappa shape index (κ1) is 15.8. The number of nitrogens with one attached hydrogen (secondary N) is 1. The molecule has 0 unspecified atom stereocenters. The van der Waals surface area contributed by atoms with Crippen LogP contribution in [0, 0.1) is 5.92 Å². The molecule has 1 heterocycles. The fourth-order valence-corrected chi connectivity index (χ4v) is 2.03. The molecule has 0 aliphatic heterocycles. The smallest absolute Gasteiger partial charge is 0.164 e. The Morgan fingerprint density at radius 1 is 1.53 bits per heavy atom. The van der Waals surface area contributed by atoms with Crippen LogP contribution < -0.4 is 10.1 Å². The van der Waals surface area contributed by atoms with Crippen LogP contribution in [-0.4, -0.2) is 30.0 Å². The van der Waals surface area contributed by atoms with Gasteiger partial charge < -0.3 is 10.1 Å². The molecule has 0 spiro atoms. The van der Waals surface area contributed by atoms with Gasteiger partial charge in [-0.05, 0) is 44.8 Å². The second kappa shape index (κ2) is 8.00. The predicted molar refractivity (Wildman–Crippen MR) is 80.4 cm³/mol. The third-order valence-electron chi connectivity index (χ3n) is 3.02. The minimum Gasteiger partial charge on any atom is -0.493 e. The van der Waals surface area contributed by atoms with Gasteiger partial charge in [0.25, 0.3) is 0 Å². The molecule has 0 amide bonds. The van der Waals surface area contributed by atoms with Crippen LogP contribution in [0.1, 0.15) is 39.8 Å². The van der Waals surface area contributed by atoms with E-state index in [0.29, 0.717) is 5.92 Å². The van der Waals surface area contributed by atoms with E-state index in [-0.39, 0.29) is 0 Å². The van der Waals surface area contributed by atoms with Gasteiger partial charge in [-0.25, -0.2) is 0 Å². The maximum atomic E-state index is 5.37. The Morgan fingerprint density at radius 2 is 2.26 bits per heavy atom. The lowest BCUT2D eigenvalue weighted by Crippen LogP contribution is -2.20. The van der Waals surface area contributed by atoms with E-state index in [0.717, 1.165) is 37.5 Å². The second-order valence-corrected chi connectivity index (χ2v) is 5.15. The van der Waals surface area contributed by atoms with Crippen LogP contribution in [0.3, 0.4) is 0 Å². The van der Waals surface area contributed by atoms with E-state index in [9.17, 15) is 0 Å². The normalized spacial score (nSPS) is 12.2. The molecule has 0 aliphatic rings. The Kier molecular flexibility index (Phi) is 6.64. The maximum absolute atomic E-state index is 5.37. The molecule has 1 N–H and O–H groups in total. The topological polar surface area (TPSA) is 39.1 Å². The Labute approximate surface area is 116 Å². The first-order valence-corrected chi connectivity index (χ1v) is 7.07. The van der Waals surface area contributed by atoms with Gasteiger partial charge in [-0.1, -0.05) is 19.9 Å². The largest absolute Gasteiger partial charge is 0.493 e. The zero-order chi connectivity index (χ0) is 14.3. The molecule has 0 radical (unpaired) electrons. The van der Waals surface area contributed by atoms with Crippen molar-refractivity contribution in [3.8, 4) is 5.75 Å². The maximum Gasteiger partial charge on any atom is 0.164 e. The SMILES string of the molecule is CCn1ncc(OC)c1C(C)=CCCNCC(C)C. The first-order chi connectivity index (χ1) is 9.10. The molecule has 0 bridgehead atoms. The summed E-state index contributed by atoms with van der Waals surface area (Å²) in [6.07, 6.45) is 5.06. The molecule has 1 rings (SSSR count). The summed E-state index contributed by atoms with van der Waals surface area (Å²) in [6, 6.07) is 0. The number of aryl methyl sites for hydroxylation is 1. The van der Waals surface area contributed by atoms with Crippen LogP contribution in [0.2, 0.25) is 0 Å². The van der Waals surface area contributed by atoms with Gasteiger partial charge in [0, 0.05) is 6.54 Å². The molecule has 4 nitrogen and oxygen atoms in total. The summed E-state index contributed by atoms with van der Waals surface area (Å²) in [7, 11) is 1.69. The van der Waals surface area contributed by atoms with E-state index in [1.165, 1.54) is 5.57 Å². The summed E-state index contributed by atoms with van der Waals surface area (Å²) < 4.78 is 7.35. The van der Waals surface area contributed by atoms with E-state index < -0.39 is 0 Å². The lowest BCUT2D eigenvalue weighted by Gasteiger charge is -2.09. The lowest BCUT2D eigenvalue weighted by atomic mass is 10.1. The van der Waals surface area contributed by atoms with Gasteiger partial charge in [-0.2, -0.15) is 5.10 Å². The lowest BCUT2D eigenvalue weighted by molar-refractivity contribution is 0.412. The average molecular weight is 265 g/mol. The van der Waals surface area contributed by atoms with E-state index in [1.54, 1.807) is 13.3 Å². The van der Waals surface area contributed by atoms with E-state index in [2.05, 4.69) is 44.2 Å². The number of nitrogens with zero attached hydrogens (tertiary/aromatic N) is 2. The summed E-state index contributed by atoms with van der Waals surface area (Å²) >= 11 is 0. The minimum absolute atomic E-state index is 0.701. The zero-order valence-corrected chi connectivity index (χ0v) is 12.9. The van der Waals surface area contributed by atoms with Crippen molar-refractivity contribution in [2.45, 2.75) is 40.7 Å². The molecule has 0 atom stereocenters. The molecule has 1 aromatic heterocycles. The molecule has 19 heavy (non-hydrogen) atoms. The van der Waals surface area contributed by atoms with Crippen molar-refractivity contribution in [2.75, 3.05) is 20.2 Å². The summed E-state index contributed by atoms with van der Waals surface area (Å²) in [5.41, 5.74) is 2.32. The number of hydrogen-bond acceptors (Lipinski definition) is 3. The fraction of sp³-hybridized carbons (Fsp3) is 0.667. The van der Waals surface area contributed by atoms with Gasteiger partial charge in [-0.3, -0.25) is 4.68 Å². The van der Waals surface area contributed by atoms with Gasteiger partial charge in [0.2, 0.25) is 0 Å². The Bertz CT molecular complexity index is 386.